The van der Waals surface area contributed by atoms with Gasteiger partial charge in [0, 0.05) is 5.92 Å². The zero-order chi connectivity index (χ0) is 12.6. The number of ether oxygens (including phenoxy) is 3. The SMILES string of the molecule is C=C1C[C@H](C2COC(C)(C)O2)[C@H](C(=O)OC)C1. The van der Waals surface area contributed by atoms with Gasteiger partial charge in [-0.3, -0.25) is 4.79 Å². The van der Waals surface area contributed by atoms with Crippen LogP contribution in [0.4, 0.5) is 0 Å². The van der Waals surface area contributed by atoms with Crippen molar-refractivity contribution in [1.29, 1.82) is 0 Å². The zero-order valence-corrected chi connectivity index (χ0v) is 10.7. The van der Waals surface area contributed by atoms with Crippen LogP contribution in [0.3, 0.4) is 0 Å². The van der Waals surface area contributed by atoms with Crippen LogP contribution in [0.2, 0.25) is 0 Å². The van der Waals surface area contributed by atoms with Crippen molar-refractivity contribution >= 4 is 5.97 Å². The van der Waals surface area contributed by atoms with E-state index in [1.54, 1.807) is 0 Å². The first-order valence-electron chi connectivity index (χ1n) is 5.99. The quantitative estimate of drug-likeness (QED) is 0.546. The van der Waals surface area contributed by atoms with E-state index in [9.17, 15) is 4.79 Å². The average Bonchev–Trinajstić information content (AvgIpc) is 2.80. The smallest absolute Gasteiger partial charge is 0.309 e. The van der Waals surface area contributed by atoms with Gasteiger partial charge < -0.3 is 14.2 Å². The molecule has 4 heteroatoms. The van der Waals surface area contributed by atoms with Crippen LogP contribution >= 0.6 is 0 Å². The highest BCUT2D eigenvalue weighted by molar-refractivity contribution is 5.73. The van der Waals surface area contributed by atoms with Crippen LogP contribution in [0.25, 0.3) is 0 Å². The first kappa shape index (κ1) is 12.6. The molecule has 0 amide bonds. The van der Waals surface area contributed by atoms with Crippen LogP contribution in [-0.4, -0.2) is 31.6 Å². The van der Waals surface area contributed by atoms with Gasteiger partial charge in [0.1, 0.15) is 0 Å². The van der Waals surface area contributed by atoms with Gasteiger partial charge >= 0.3 is 5.97 Å². The van der Waals surface area contributed by atoms with Crippen LogP contribution in [0.15, 0.2) is 12.2 Å². The maximum Gasteiger partial charge on any atom is 0.309 e. The van der Waals surface area contributed by atoms with E-state index in [0.717, 1.165) is 12.0 Å². The summed E-state index contributed by atoms with van der Waals surface area (Å²) in [7, 11) is 1.43. The van der Waals surface area contributed by atoms with Crippen molar-refractivity contribution in [1.82, 2.24) is 0 Å². The summed E-state index contributed by atoms with van der Waals surface area (Å²) < 4.78 is 16.2. The summed E-state index contributed by atoms with van der Waals surface area (Å²) in [6.07, 6.45) is 1.50. The third-order valence-corrected chi connectivity index (χ3v) is 3.56. The van der Waals surface area contributed by atoms with Crippen molar-refractivity contribution < 1.29 is 19.0 Å². The maximum absolute atomic E-state index is 11.7. The molecule has 2 fully saturated rings. The molecular formula is C13H20O4. The van der Waals surface area contributed by atoms with E-state index in [4.69, 9.17) is 14.2 Å². The minimum atomic E-state index is -0.546. The Labute approximate surface area is 102 Å². The molecule has 17 heavy (non-hydrogen) atoms. The summed E-state index contributed by atoms with van der Waals surface area (Å²) in [5, 5.41) is 0. The second kappa shape index (κ2) is 4.42. The predicted octanol–water partition coefficient (Wildman–Crippen LogP) is 1.89. The fourth-order valence-electron chi connectivity index (χ4n) is 2.75. The summed E-state index contributed by atoms with van der Waals surface area (Å²) in [4.78, 5) is 11.7. The Bertz CT molecular complexity index is 334. The van der Waals surface area contributed by atoms with E-state index >= 15 is 0 Å². The molecule has 0 bridgehead atoms. The van der Waals surface area contributed by atoms with Gasteiger partial charge in [-0.15, -0.1) is 0 Å². The standard InChI is InChI=1S/C13H20O4/c1-8-5-9(10(6-8)12(14)15-4)11-7-16-13(2,3)17-11/h9-11H,1,5-7H2,2-4H3/t9-,10+,11?/m0/s1. The third-order valence-electron chi connectivity index (χ3n) is 3.56. The van der Waals surface area contributed by atoms with Gasteiger partial charge in [0.2, 0.25) is 0 Å². The molecule has 1 aliphatic carbocycles. The fourth-order valence-corrected chi connectivity index (χ4v) is 2.75. The molecule has 3 atom stereocenters. The number of rotatable bonds is 2. The highest BCUT2D eigenvalue weighted by atomic mass is 16.7. The molecular weight excluding hydrogens is 220 g/mol. The van der Waals surface area contributed by atoms with E-state index < -0.39 is 5.79 Å². The Kier molecular flexibility index (Phi) is 3.27. The van der Waals surface area contributed by atoms with Crippen molar-refractivity contribution in [3.8, 4) is 0 Å². The van der Waals surface area contributed by atoms with Gasteiger partial charge in [-0.05, 0) is 26.7 Å². The Hall–Kier alpha value is -0.870. The molecule has 0 aromatic heterocycles. The van der Waals surface area contributed by atoms with Crippen molar-refractivity contribution in [2.45, 2.75) is 38.6 Å². The van der Waals surface area contributed by atoms with Gasteiger partial charge in [-0.1, -0.05) is 12.2 Å². The Morgan fingerprint density at radius 1 is 1.47 bits per heavy atom. The number of esters is 1. The molecule has 1 aliphatic heterocycles. The Balaban J connectivity index is 2.09. The monoisotopic (exact) mass is 240 g/mol. The van der Waals surface area contributed by atoms with Gasteiger partial charge in [-0.25, -0.2) is 0 Å². The molecule has 1 heterocycles. The number of hydrogen-bond acceptors (Lipinski definition) is 4. The lowest BCUT2D eigenvalue weighted by Crippen LogP contribution is -2.32. The molecule has 1 saturated carbocycles. The van der Waals surface area contributed by atoms with Crippen LogP contribution in [0.5, 0.6) is 0 Å². The van der Waals surface area contributed by atoms with Crippen molar-refractivity contribution in [2.75, 3.05) is 13.7 Å². The van der Waals surface area contributed by atoms with E-state index in [1.807, 2.05) is 13.8 Å². The number of carbonyl (C=O) groups excluding carboxylic acids is 1. The molecule has 0 N–H and O–H groups in total. The van der Waals surface area contributed by atoms with Gasteiger partial charge in [-0.2, -0.15) is 0 Å². The predicted molar refractivity (Wildman–Crippen MR) is 62.3 cm³/mol. The lowest BCUT2D eigenvalue weighted by Gasteiger charge is -2.24. The summed E-state index contributed by atoms with van der Waals surface area (Å²) >= 11 is 0. The molecule has 4 nitrogen and oxygen atoms in total. The highest BCUT2D eigenvalue weighted by Gasteiger charge is 2.46. The minimum absolute atomic E-state index is 0.0339. The van der Waals surface area contributed by atoms with Crippen molar-refractivity contribution in [3.05, 3.63) is 12.2 Å². The van der Waals surface area contributed by atoms with Crippen molar-refractivity contribution in [2.24, 2.45) is 11.8 Å². The van der Waals surface area contributed by atoms with Gasteiger partial charge in [0.05, 0.1) is 25.7 Å². The molecule has 2 rings (SSSR count). The molecule has 0 aromatic rings. The molecule has 1 unspecified atom stereocenters. The van der Waals surface area contributed by atoms with Crippen LogP contribution in [-0.2, 0) is 19.0 Å². The Morgan fingerprint density at radius 2 is 2.18 bits per heavy atom. The first-order chi connectivity index (χ1) is 7.93. The topological polar surface area (TPSA) is 44.8 Å². The third kappa shape index (κ3) is 2.53. The number of carbonyl (C=O) groups is 1. The zero-order valence-electron chi connectivity index (χ0n) is 10.7. The molecule has 0 spiro atoms. The fraction of sp³-hybridized carbons (Fsp3) is 0.769. The van der Waals surface area contributed by atoms with E-state index in [-0.39, 0.29) is 23.9 Å². The summed E-state index contributed by atoms with van der Waals surface area (Å²) in [6.45, 7) is 8.30. The minimum Gasteiger partial charge on any atom is -0.469 e. The maximum atomic E-state index is 11.7. The molecule has 96 valence electrons. The Morgan fingerprint density at radius 3 is 2.71 bits per heavy atom. The molecule has 1 saturated heterocycles. The number of methoxy groups -OCH3 is 1. The number of hydrogen-bond donors (Lipinski definition) is 0. The molecule has 2 aliphatic rings. The lowest BCUT2D eigenvalue weighted by molar-refractivity contribution is -0.157. The first-order valence-corrected chi connectivity index (χ1v) is 5.99. The van der Waals surface area contributed by atoms with Crippen LogP contribution in [0, 0.1) is 11.8 Å². The van der Waals surface area contributed by atoms with E-state index in [2.05, 4.69) is 6.58 Å². The van der Waals surface area contributed by atoms with E-state index in [1.165, 1.54) is 7.11 Å². The van der Waals surface area contributed by atoms with Crippen molar-refractivity contribution in [3.63, 3.8) is 0 Å². The summed E-state index contributed by atoms with van der Waals surface area (Å²) in [5.74, 6) is -0.705. The lowest BCUT2D eigenvalue weighted by atomic mass is 9.91. The van der Waals surface area contributed by atoms with Crippen LogP contribution in [0.1, 0.15) is 26.7 Å². The second-order valence-electron chi connectivity index (χ2n) is 5.32. The normalized spacial score (nSPS) is 36.2. The second-order valence-corrected chi connectivity index (χ2v) is 5.32. The summed E-state index contributed by atoms with van der Waals surface area (Å²) in [5.41, 5.74) is 1.10. The molecule has 0 radical (unpaired) electrons. The average molecular weight is 240 g/mol. The molecule has 0 aromatic carbocycles. The van der Waals surface area contributed by atoms with Crippen LogP contribution < -0.4 is 0 Å². The number of allylic oxidation sites excluding steroid dienone is 1. The van der Waals surface area contributed by atoms with Gasteiger partial charge in [0.15, 0.2) is 5.79 Å². The highest BCUT2D eigenvalue weighted by Crippen LogP contribution is 2.42. The largest absolute Gasteiger partial charge is 0.469 e. The summed E-state index contributed by atoms with van der Waals surface area (Å²) in [6, 6.07) is 0. The van der Waals surface area contributed by atoms with E-state index in [0.29, 0.717) is 13.0 Å². The van der Waals surface area contributed by atoms with Gasteiger partial charge in [0.25, 0.3) is 0 Å².